The van der Waals surface area contributed by atoms with Gasteiger partial charge in [-0.2, -0.15) is 0 Å². The van der Waals surface area contributed by atoms with E-state index in [0.717, 1.165) is 23.3 Å². The fourth-order valence-electron chi connectivity index (χ4n) is 3.33. The summed E-state index contributed by atoms with van der Waals surface area (Å²) in [5, 5.41) is 9.53. The van der Waals surface area contributed by atoms with Gasteiger partial charge in [0.2, 0.25) is 0 Å². The number of benzene rings is 1. The fourth-order valence-corrected chi connectivity index (χ4v) is 4.31. The van der Waals surface area contributed by atoms with E-state index in [4.69, 9.17) is 10.5 Å². The van der Waals surface area contributed by atoms with E-state index in [1.54, 1.807) is 13.1 Å². The third-order valence-electron chi connectivity index (χ3n) is 4.45. The summed E-state index contributed by atoms with van der Waals surface area (Å²) in [7, 11) is 0. The van der Waals surface area contributed by atoms with Crippen LogP contribution in [0, 0.1) is 0 Å². The van der Waals surface area contributed by atoms with E-state index in [0.29, 0.717) is 4.96 Å². The number of esters is 1. The first-order valence-electron chi connectivity index (χ1n) is 8.28. The van der Waals surface area contributed by atoms with Crippen molar-refractivity contribution in [1.82, 2.24) is 9.38 Å². The fraction of sp³-hybridized carbons (Fsp3) is 0.278. The number of nitrogens with zero attached hydrogens (tertiary/aromatic N) is 2. The van der Waals surface area contributed by atoms with Crippen molar-refractivity contribution in [3.63, 3.8) is 0 Å². The van der Waals surface area contributed by atoms with E-state index in [1.807, 2.05) is 6.07 Å². The smallest absolute Gasteiger partial charge is 0.359 e. The summed E-state index contributed by atoms with van der Waals surface area (Å²) < 4.78 is 6.35. The molecule has 1 aliphatic carbocycles. The minimum atomic E-state index is -1.22. The van der Waals surface area contributed by atoms with Crippen molar-refractivity contribution in [1.29, 1.82) is 0 Å². The molecule has 0 amide bonds. The molecule has 3 aromatic rings. The Bertz CT molecular complexity index is 1040. The molecule has 1 aliphatic rings. The predicted octanol–water partition coefficient (Wildman–Crippen LogP) is 2.36. The predicted molar refractivity (Wildman–Crippen MR) is 96.8 cm³/mol. The molecule has 26 heavy (non-hydrogen) atoms. The van der Waals surface area contributed by atoms with E-state index in [1.165, 1.54) is 26.9 Å². The van der Waals surface area contributed by atoms with E-state index in [-0.39, 0.29) is 24.0 Å². The highest BCUT2D eigenvalue weighted by Crippen LogP contribution is 2.33. The van der Waals surface area contributed by atoms with E-state index in [2.05, 4.69) is 17.1 Å². The average Bonchev–Trinajstić information content (AvgIpc) is 3.23. The zero-order valence-corrected chi connectivity index (χ0v) is 14.9. The highest BCUT2D eigenvalue weighted by atomic mass is 32.1. The summed E-state index contributed by atoms with van der Waals surface area (Å²) in [5.74, 6) is -1.95. The molecule has 8 heteroatoms. The number of hydrogen-bond donors (Lipinski definition) is 2. The number of carbonyl (C=O) groups excluding carboxylic acids is 1. The van der Waals surface area contributed by atoms with E-state index in [9.17, 15) is 14.7 Å². The summed E-state index contributed by atoms with van der Waals surface area (Å²) in [6, 6.07) is 6.34. The summed E-state index contributed by atoms with van der Waals surface area (Å²) in [4.78, 5) is 29.2. The zero-order valence-electron chi connectivity index (χ0n) is 14.1. The normalized spacial score (nSPS) is 16.0. The monoisotopic (exact) mass is 371 g/mol. The lowest BCUT2D eigenvalue weighted by Gasteiger charge is -2.02. The zero-order chi connectivity index (χ0) is 18.4. The number of imidazole rings is 1. The maximum Gasteiger partial charge on any atom is 0.359 e. The van der Waals surface area contributed by atoms with Crippen LogP contribution in [0.4, 0.5) is 0 Å². The highest BCUT2D eigenvalue weighted by Gasteiger charge is 2.27. The number of rotatable bonds is 4. The second-order valence-electron chi connectivity index (χ2n) is 6.23. The number of nitrogens with two attached hydrogens (primary N) is 1. The second kappa shape index (κ2) is 6.22. The number of fused-ring (bicyclic) bond motifs is 2. The number of carboxylic acids is 1. The molecule has 3 N–H and O–H groups in total. The number of carboxylic acid groups (broad SMARTS) is 1. The van der Waals surface area contributed by atoms with Crippen molar-refractivity contribution in [3.05, 3.63) is 46.9 Å². The first-order chi connectivity index (χ1) is 12.5. The van der Waals surface area contributed by atoms with Gasteiger partial charge in [0.15, 0.2) is 16.3 Å². The Morgan fingerprint density at radius 2 is 2.15 bits per heavy atom. The standard InChI is InChI=1S/C18H17N3O4S/c1-2-25-17(24)14-15(16(22)23)21-8-13(26-18(21)20-14)10-4-3-9-6-12(19)7-11(9)5-10/h3-5,8,12H,2,6-7,19H2,1H3,(H,22,23). The number of carbonyl (C=O) groups is 2. The minimum Gasteiger partial charge on any atom is -0.476 e. The van der Waals surface area contributed by atoms with E-state index >= 15 is 0 Å². The van der Waals surface area contributed by atoms with Gasteiger partial charge in [0, 0.05) is 12.2 Å². The van der Waals surface area contributed by atoms with Crippen LogP contribution in [0.25, 0.3) is 15.4 Å². The Hall–Kier alpha value is -2.71. The molecule has 2 aromatic heterocycles. The number of aromatic carboxylic acids is 1. The Balaban J connectivity index is 1.78. The van der Waals surface area contributed by atoms with Crippen molar-refractivity contribution >= 4 is 28.2 Å². The van der Waals surface area contributed by atoms with Crippen LogP contribution in [0.1, 0.15) is 39.0 Å². The molecule has 1 aromatic carbocycles. The van der Waals surface area contributed by atoms with Crippen molar-refractivity contribution in [2.45, 2.75) is 25.8 Å². The topological polar surface area (TPSA) is 107 Å². The molecule has 0 saturated heterocycles. The average molecular weight is 371 g/mol. The number of aromatic nitrogens is 2. The Labute approximate surface area is 153 Å². The van der Waals surface area contributed by atoms with Crippen molar-refractivity contribution in [2.24, 2.45) is 5.73 Å². The molecule has 1 atom stereocenters. The summed E-state index contributed by atoms with van der Waals surface area (Å²) >= 11 is 1.33. The quantitative estimate of drug-likeness (QED) is 0.682. The molecule has 134 valence electrons. The molecule has 7 nitrogen and oxygen atoms in total. The largest absolute Gasteiger partial charge is 0.476 e. The first-order valence-corrected chi connectivity index (χ1v) is 9.09. The van der Waals surface area contributed by atoms with Gasteiger partial charge < -0.3 is 15.6 Å². The molecule has 2 heterocycles. The third kappa shape index (κ3) is 2.67. The van der Waals surface area contributed by atoms with Crippen molar-refractivity contribution < 1.29 is 19.4 Å². The van der Waals surface area contributed by atoms with Crippen LogP contribution in [0.2, 0.25) is 0 Å². The van der Waals surface area contributed by atoms with Gasteiger partial charge in [0.25, 0.3) is 0 Å². The molecular weight excluding hydrogens is 354 g/mol. The molecule has 4 rings (SSSR count). The van der Waals surface area contributed by atoms with Crippen LogP contribution in [0.3, 0.4) is 0 Å². The summed E-state index contributed by atoms with van der Waals surface area (Å²) in [6.07, 6.45) is 3.43. The van der Waals surface area contributed by atoms with Crippen LogP contribution < -0.4 is 5.73 Å². The maximum atomic E-state index is 12.0. The first kappa shape index (κ1) is 16.7. The molecule has 0 fully saturated rings. The number of hydrogen-bond acceptors (Lipinski definition) is 6. The van der Waals surface area contributed by atoms with Crippen LogP contribution in [-0.2, 0) is 17.6 Å². The lowest BCUT2D eigenvalue weighted by Crippen LogP contribution is -2.18. The molecule has 0 radical (unpaired) electrons. The Kier molecular flexibility index (Phi) is 4.01. The molecule has 0 aliphatic heterocycles. The second-order valence-corrected chi connectivity index (χ2v) is 7.24. The van der Waals surface area contributed by atoms with Crippen LogP contribution in [0.15, 0.2) is 24.4 Å². The van der Waals surface area contributed by atoms with Gasteiger partial charge in [-0.1, -0.05) is 23.5 Å². The number of thiazole rings is 1. The van der Waals surface area contributed by atoms with Crippen LogP contribution >= 0.6 is 11.3 Å². The van der Waals surface area contributed by atoms with Gasteiger partial charge >= 0.3 is 11.9 Å². The van der Waals surface area contributed by atoms with Gasteiger partial charge in [-0.3, -0.25) is 4.40 Å². The van der Waals surface area contributed by atoms with Crippen LogP contribution in [0.5, 0.6) is 0 Å². The molecule has 0 bridgehead atoms. The molecule has 1 unspecified atom stereocenters. The maximum absolute atomic E-state index is 12.0. The van der Waals surface area contributed by atoms with Crippen molar-refractivity contribution in [2.75, 3.05) is 6.61 Å². The van der Waals surface area contributed by atoms with E-state index < -0.39 is 11.9 Å². The highest BCUT2D eigenvalue weighted by molar-refractivity contribution is 7.20. The van der Waals surface area contributed by atoms with Crippen LogP contribution in [-0.4, -0.2) is 39.1 Å². The van der Waals surface area contributed by atoms with Crippen molar-refractivity contribution in [3.8, 4) is 10.4 Å². The Morgan fingerprint density at radius 1 is 1.38 bits per heavy atom. The van der Waals surface area contributed by atoms with Gasteiger partial charge in [-0.05, 0) is 42.5 Å². The van der Waals surface area contributed by atoms with Gasteiger partial charge in [-0.15, -0.1) is 0 Å². The molecular formula is C18H17N3O4S. The SMILES string of the molecule is CCOC(=O)c1nc2sc(-c3ccc4c(c3)CC(N)C4)cn2c1C(=O)O. The summed E-state index contributed by atoms with van der Waals surface area (Å²) in [5.41, 5.74) is 9.15. The number of ether oxygens (including phenoxy) is 1. The summed E-state index contributed by atoms with van der Waals surface area (Å²) in [6.45, 7) is 1.82. The van der Waals surface area contributed by atoms with Gasteiger partial charge in [-0.25, -0.2) is 14.6 Å². The lowest BCUT2D eigenvalue weighted by atomic mass is 10.1. The minimum absolute atomic E-state index is 0.158. The van der Waals surface area contributed by atoms with Gasteiger partial charge in [0.1, 0.15) is 0 Å². The molecule has 0 saturated carbocycles. The Morgan fingerprint density at radius 3 is 2.88 bits per heavy atom. The van der Waals surface area contributed by atoms with Gasteiger partial charge in [0.05, 0.1) is 11.5 Å². The molecule has 0 spiro atoms. The third-order valence-corrected chi connectivity index (χ3v) is 5.48. The lowest BCUT2D eigenvalue weighted by molar-refractivity contribution is 0.0507.